The molecular formula is C20H18ClN3O4. The van der Waals surface area contributed by atoms with Crippen molar-refractivity contribution in [2.45, 2.75) is 13.8 Å². The normalized spacial score (nSPS) is 10.4. The second-order valence-electron chi connectivity index (χ2n) is 5.82. The fourth-order valence-electron chi connectivity index (χ4n) is 2.59. The molecule has 0 aliphatic rings. The van der Waals surface area contributed by atoms with Crippen LogP contribution in [0.5, 0.6) is 0 Å². The van der Waals surface area contributed by atoms with Crippen molar-refractivity contribution in [1.29, 1.82) is 0 Å². The van der Waals surface area contributed by atoms with Crippen LogP contribution in [0.25, 0.3) is 11.3 Å². The largest absolute Gasteiger partial charge is 0.450 e. The minimum atomic E-state index is -0.538. The van der Waals surface area contributed by atoms with Gasteiger partial charge in [0.1, 0.15) is 17.0 Å². The molecule has 28 heavy (non-hydrogen) atoms. The molecule has 8 heteroatoms. The molecule has 2 N–H and O–H groups in total. The molecule has 1 heterocycles. The molecule has 0 spiro atoms. The molecule has 0 bridgehead atoms. The zero-order chi connectivity index (χ0) is 20.1. The zero-order valence-electron chi connectivity index (χ0n) is 15.3. The van der Waals surface area contributed by atoms with Gasteiger partial charge in [-0.05, 0) is 44.2 Å². The molecule has 0 aliphatic carbocycles. The summed E-state index contributed by atoms with van der Waals surface area (Å²) in [5.74, 6) is 0.00721. The molecule has 0 saturated heterocycles. The Bertz CT molecular complexity index is 999. The minimum absolute atomic E-state index is 0.284. The van der Waals surface area contributed by atoms with Crippen LogP contribution < -0.4 is 10.6 Å². The van der Waals surface area contributed by atoms with Gasteiger partial charge >= 0.3 is 6.09 Å². The maximum Gasteiger partial charge on any atom is 0.411 e. The Kier molecular flexibility index (Phi) is 5.96. The maximum absolute atomic E-state index is 12.8. The molecule has 0 unspecified atom stereocenters. The predicted octanol–water partition coefficient (Wildman–Crippen LogP) is 5.12. The smallest absolute Gasteiger partial charge is 0.411 e. The maximum atomic E-state index is 12.8. The van der Waals surface area contributed by atoms with Gasteiger partial charge in [0.25, 0.3) is 5.91 Å². The summed E-state index contributed by atoms with van der Waals surface area (Å²) in [6.45, 7) is 3.67. The molecule has 0 atom stereocenters. The number of halogens is 1. The van der Waals surface area contributed by atoms with Crippen molar-refractivity contribution in [3.05, 3.63) is 64.9 Å². The van der Waals surface area contributed by atoms with Crippen LogP contribution >= 0.6 is 11.6 Å². The van der Waals surface area contributed by atoms with E-state index >= 15 is 0 Å². The SMILES string of the molecule is CCOC(=O)Nc1ccc(NC(=O)c2c(-c3ccccc3Cl)noc2C)cc1. The fourth-order valence-corrected chi connectivity index (χ4v) is 2.82. The minimum Gasteiger partial charge on any atom is -0.450 e. The van der Waals surface area contributed by atoms with E-state index in [-0.39, 0.29) is 12.5 Å². The highest BCUT2D eigenvalue weighted by molar-refractivity contribution is 6.33. The van der Waals surface area contributed by atoms with Crippen molar-refractivity contribution in [2.75, 3.05) is 17.2 Å². The highest BCUT2D eigenvalue weighted by atomic mass is 35.5. The van der Waals surface area contributed by atoms with Crippen molar-refractivity contribution in [2.24, 2.45) is 0 Å². The molecule has 7 nitrogen and oxygen atoms in total. The van der Waals surface area contributed by atoms with Gasteiger partial charge in [-0.3, -0.25) is 10.1 Å². The molecule has 1 aromatic heterocycles. The van der Waals surface area contributed by atoms with Crippen LogP contribution in [0.2, 0.25) is 5.02 Å². The second kappa shape index (κ2) is 8.58. The summed E-state index contributed by atoms with van der Waals surface area (Å²) >= 11 is 6.23. The molecule has 3 rings (SSSR count). The van der Waals surface area contributed by atoms with E-state index < -0.39 is 6.09 Å². The monoisotopic (exact) mass is 399 g/mol. The van der Waals surface area contributed by atoms with E-state index in [1.807, 2.05) is 6.07 Å². The lowest BCUT2D eigenvalue weighted by Gasteiger charge is -2.08. The average Bonchev–Trinajstić information content (AvgIpc) is 3.05. The van der Waals surface area contributed by atoms with E-state index in [0.717, 1.165) is 0 Å². The molecule has 0 fully saturated rings. The number of carbonyl (C=O) groups is 2. The van der Waals surface area contributed by atoms with Crippen LogP contribution in [-0.4, -0.2) is 23.8 Å². The first-order chi connectivity index (χ1) is 13.5. The van der Waals surface area contributed by atoms with E-state index in [1.165, 1.54) is 0 Å². The van der Waals surface area contributed by atoms with Gasteiger partial charge in [-0.15, -0.1) is 0 Å². The molecule has 3 aromatic rings. The highest BCUT2D eigenvalue weighted by Gasteiger charge is 2.23. The molecular weight excluding hydrogens is 382 g/mol. The third kappa shape index (κ3) is 4.32. The lowest BCUT2D eigenvalue weighted by atomic mass is 10.1. The first kappa shape index (κ1) is 19.4. The Morgan fingerprint density at radius 3 is 2.36 bits per heavy atom. The summed E-state index contributed by atoms with van der Waals surface area (Å²) in [6, 6.07) is 13.7. The number of carbonyl (C=O) groups excluding carboxylic acids is 2. The van der Waals surface area contributed by atoms with E-state index in [1.54, 1.807) is 56.3 Å². The van der Waals surface area contributed by atoms with Crippen molar-refractivity contribution in [3.8, 4) is 11.3 Å². The van der Waals surface area contributed by atoms with E-state index in [0.29, 0.717) is 39.0 Å². The van der Waals surface area contributed by atoms with Crippen LogP contribution in [-0.2, 0) is 4.74 Å². The van der Waals surface area contributed by atoms with Crippen LogP contribution in [0.1, 0.15) is 23.0 Å². The number of ether oxygens (including phenoxy) is 1. The first-order valence-corrected chi connectivity index (χ1v) is 8.93. The van der Waals surface area contributed by atoms with E-state index in [9.17, 15) is 9.59 Å². The Labute approximate surface area is 166 Å². The number of anilines is 2. The third-order valence-electron chi connectivity index (χ3n) is 3.88. The van der Waals surface area contributed by atoms with Crippen molar-refractivity contribution < 1.29 is 18.8 Å². The van der Waals surface area contributed by atoms with Gasteiger partial charge in [-0.25, -0.2) is 4.79 Å². The number of nitrogens with zero attached hydrogens (tertiary/aromatic N) is 1. The number of rotatable bonds is 5. The van der Waals surface area contributed by atoms with Crippen LogP contribution in [0, 0.1) is 6.92 Å². The number of hydrogen-bond acceptors (Lipinski definition) is 5. The van der Waals surface area contributed by atoms with Crippen molar-refractivity contribution in [1.82, 2.24) is 5.16 Å². The number of aromatic nitrogens is 1. The van der Waals surface area contributed by atoms with Crippen LogP contribution in [0.3, 0.4) is 0 Å². The summed E-state index contributed by atoms with van der Waals surface area (Å²) < 4.78 is 10.0. The number of hydrogen-bond donors (Lipinski definition) is 2. The highest BCUT2D eigenvalue weighted by Crippen LogP contribution is 2.31. The second-order valence-corrected chi connectivity index (χ2v) is 6.23. The molecule has 144 valence electrons. The Morgan fingerprint density at radius 1 is 1.07 bits per heavy atom. The molecule has 2 aromatic carbocycles. The number of benzene rings is 2. The number of aryl methyl sites for hydroxylation is 1. The van der Waals surface area contributed by atoms with Crippen LogP contribution in [0.4, 0.5) is 16.2 Å². The molecule has 0 radical (unpaired) electrons. The fraction of sp³-hybridized carbons (Fsp3) is 0.150. The summed E-state index contributed by atoms with van der Waals surface area (Å²) in [6.07, 6.45) is -0.538. The zero-order valence-corrected chi connectivity index (χ0v) is 16.0. The van der Waals surface area contributed by atoms with E-state index in [2.05, 4.69) is 15.8 Å². The first-order valence-electron chi connectivity index (χ1n) is 8.56. The Balaban J connectivity index is 1.78. The van der Waals surface area contributed by atoms with Crippen molar-refractivity contribution in [3.63, 3.8) is 0 Å². The summed E-state index contributed by atoms with van der Waals surface area (Å²) in [5.41, 5.74) is 2.39. The average molecular weight is 400 g/mol. The lowest BCUT2D eigenvalue weighted by Crippen LogP contribution is -2.14. The van der Waals surface area contributed by atoms with Gasteiger partial charge < -0.3 is 14.6 Å². The quantitative estimate of drug-likeness (QED) is 0.620. The molecule has 0 aliphatic heterocycles. The summed E-state index contributed by atoms with van der Waals surface area (Å²) in [7, 11) is 0. The Morgan fingerprint density at radius 2 is 1.71 bits per heavy atom. The van der Waals surface area contributed by atoms with Gasteiger partial charge in [0.15, 0.2) is 0 Å². The Hall–Kier alpha value is -3.32. The third-order valence-corrected chi connectivity index (χ3v) is 4.21. The van der Waals surface area contributed by atoms with Gasteiger partial charge in [0.05, 0.1) is 11.6 Å². The van der Waals surface area contributed by atoms with Crippen molar-refractivity contribution >= 4 is 35.0 Å². The summed E-state index contributed by atoms with van der Waals surface area (Å²) in [5, 5.41) is 9.84. The number of amides is 2. The van der Waals surface area contributed by atoms with Gasteiger partial charge in [-0.2, -0.15) is 0 Å². The standard InChI is InChI=1S/C20H18ClN3O4/c1-3-27-20(26)23-14-10-8-13(9-11-14)22-19(25)17-12(2)28-24-18(17)15-6-4-5-7-16(15)21/h4-11H,3H2,1-2H3,(H,22,25)(H,23,26). The molecule has 0 saturated carbocycles. The van der Waals surface area contributed by atoms with E-state index in [4.69, 9.17) is 20.9 Å². The summed E-state index contributed by atoms with van der Waals surface area (Å²) in [4.78, 5) is 24.2. The topological polar surface area (TPSA) is 93.5 Å². The molecule has 2 amide bonds. The van der Waals surface area contributed by atoms with Gasteiger partial charge in [0.2, 0.25) is 0 Å². The van der Waals surface area contributed by atoms with Gasteiger partial charge in [0, 0.05) is 16.9 Å². The lowest BCUT2D eigenvalue weighted by molar-refractivity contribution is 0.102. The van der Waals surface area contributed by atoms with Gasteiger partial charge in [-0.1, -0.05) is 35.0 Å². The van der Waals surface area contributed by atoms with Crippen LogP contribution in [0.15, 0.2) is 53.1 Å². The number of nitrogens with one attached hydrogen (secondary N) is 2. The predicted molar refractivity (Wildman–Crippen MR) is 107 cm³/mol.